The van der Waals surface area contributed by atoms with Gasteiger partial charge in [-0.05, 0) is 79.4 Å². The Balaban J connectivity index is 1.82. The highest BCUT2D eigenvalue weighted by atomic mass is 79.9. The van der Waals surface area contributed by atoms with Crippen molar-refractivity contribution in [3.05, 3.63) is 86.3 Å². The van der Waals surface area contributed by atoms with E-state index in [1.807, 2.05) is 49.4 Å². The first-order chi connectivity index (χ1) is 14.0. The van der Waals surface area contributed by atoms with E-state index in [4.69, 9.17) is 21.1 Å². The van der Waals surface area contributed by atoms with E-state index >= 15 is 0 Å². The number of aliphatic imine (C=N–C) groups is 1. The van der Waals surface area contributed by atoms with Gasteiger partial charge in [0.1, 0.15) is 6.61 Å². The molecule has 5 heteroatoms. The first-order valence-electron chi connectivity index (χ1n) is 9.41. The molecule has 0 N–H and O–H groups in total. The van der Waals surface area contributed by atoms with E-state index < -0.39 is 0 Å². The third-order valence-corrected chi connectivity index (χ3v) is 5.29. The summed E-state index contributed by atoms with van der Waals surface area (Å²) in [5, 5.41) is 0.495. The van der Waals surface area contributed by atoms with Crippen LogP contribution in [-0.4, -0.2) is 12.8 Å². The number of rotatable bonds is 7. The summed E-state index contributed by atoms with van der Waals surface area (Å²) in [6.45, 7) is 7.02. The average molecular weight is 473 g/mol. The van der Waals surface area contributed by atoms with Gasteiger partial charge in [-0.3, -0.25) is 4.99 Å². The molecule has 3 rings (SSSR count). The smallest absolute Gasteiger partial charge is 0.180 e. The van der Waals surface area contributed by atoms with Gasteiger partial charge in [0, 0.05) is 10.7 Å². The van der Waals surface area contributed by atoms with E-state index in [1.54, 1.807) is 6.21 Å². The number of hydrogen-bond donors (Lipinski definition) is 0. The lowest BCUT2D eigenvalue weighted by Crippen LogP contribution is -2.01. The summed E-state index contributed by atoms with van der Waals surface area (Å²) in [7, 11) is 0. The molecule has 3 nitrogen and oxygen atoms in total. The van der Waals surface area contributed by atoms with E-state index in [0.717, 1.165) is 21.3 Å². The molecule has 3 aromatic carbocycles. The molecule has 0 amide bonds. The van der Waals surface area contributed by atoms with Crippen LogP contribution >= 0.6 is 27.5 Å². The first kappa shape index (κ1) is 21.4. The minimum absolute atomic E-state index is 0.406. The second kappa shape index (κ2) is 9.95. The van der Waals surface area contributed by atoms with E-state index in [-0.39, 0.29) is 0 Å². The van der Waals surface area contributed by atoms with Crippen molar-refractivity contribution < 1.29 is 9.47 Å². The van der Waals surface area contributed by atoms with Crippen LogP contribution in [0.15, 0.2) is 64.1 Å². The van der Waals surface area contributed by atoms with Crippen molar-refractivity contribution >= 4 is 39.4 Å². The van der Waals surface area contributed by atoms with Crippen molar-refractivity contribution in [2.24, 2.45) is 4.99 Å². The summed E-state index contributed by atoms with van der Waals surface area (Å²) in [6, 6.07) is 17.8. The van der Waals surface area contributed by atoms with Gasteiger partial charge in [-0.1, -0.05) is 45.7 Å². The number of hydrogen-bond acceptors (Lipinski definition) is 3. The zero-order valence-corrected chi connectivity index (χ0v) is 19.0. The molecule has 0 radical (unpaired) electrons. The maximum atomic E-state index is 6.52. The molecule has 0 spiro atoms. The van der Waals surface area contributed by atoms with Crippen LogP contribution in [0.5, 0.6) is 11.5 Å². The monoisotopic (exact) mass is 471 g/mol. The highest BCUT2D eigenvalue weighted by Crippen LogP contribution is 2.37. The zero-order valence-electron chi connectivity index (χ0n) is 16.7. The molecule has 0 aliphatic heterocycles. The molecule has 0 saturated heterocycles. The van der Waals surface area contributed by atoms with Crippen molar-refractivity contribution in [2.45, 2.75) is 27.4 Å². The molecule has 150 valence electrons. The van der Waals surface area contributed by atoms with Crippen molar-refractivity contribution in [3.8, 4) is 11.5 Å². The Morgan fingerprint density at radius 2 is 1.72 bits per heavy atom. The predicted molar refractivity (Wildman–Crippen MR) is 124 cm³/mol. The maximum absolute atomic E-state index is 6.52. The molecule has 0 saturated carbocycles. The standard InChI is InChI=1S/C24H23BrClNO2/c1-4-28-23-13-19(14-27-21-10-5-16(2)17(3)11-21)12-22(26)24(23)29-15-18-6-8-20(25)9-7-18/h5-14H,4,15H2,1-3H3. The van der Waals surface area contributed by atoms with E-state index in [2.05, 4.69) is 46.9 Å². The maximum Gasteiger partial charge on any atom is 0.180 e. The molecule has 0 bridgehead atoms. The molecule has 3 aromatic rings. The lowest BCUT2D eigenvalue weighted by atomic mass is 10.1. The van der Waals surface area contributed by atoms with E-state index in [9.17, 15) is 0 Å². The molecule has 0 aliphatic carbocycles. The summed E-state index contributed by atoms with van der Waals surface area (Å²) < 4.78 is 12.8. The Morgan fingerprint density at radius 3 is 2.41 bits per heavy atom. The van der Waals surface area contributed by atoms with Crippen LogP contribution < -0.4 is 9.47 Å². The van der Waals surface area contributed by atoms with Crippen molar-refractivity contribution in [3.63, 3.8) is 0 Å². The fraction of sp³-hybridized carbons (Fsp3) is 0.208. The molecule has 0 unspecified atom stereocenters. The van der Waals surface area contributed by atoms with Gasteiger partial charge in [0.2, 0.25) is 0 Å². The largest absolute Gasteiger partial charge is 0.490 e. The van der Waals surface area contributed by atoms with Crippen LogP contribution in [0, 0.1) is 13.8 Å². The number of nitrogens with zero attached hydrogens (tertiary/aromatic N) is 1. The Hall–Kier alpha value is -2.30. The SMILES string of the molecule is CCOc1cc(C=Nc2ccc(C)c(C)c2)cc(Cl)c1OCc1ccc(Br)cc1. The molecule has 0 heterocycles. The molecular weight excluding hydrogens is 450 g/mol. The van der Waals surface area contributed by atoms with Crippen LogP contribution in [0.1, 0.15) is 29.2 Å². The second-order valence-corrected chi connectivity index (χ2v) is 8.03. The summed E-state index contributed by atoms with van der Waals surface area (Å²) in [6.07, 6.45) is 1.79. The molecule has 0 atom stereocenters. The van der Waals surface area contributed by atoms with Gasteiger partial charge in [-0.2, -0.15) is 0 Å². The Bertz CT molecular complexity index is 1020. The molecule has 0 fully saturated rings. The van der Waals surface area contributed by atoms with Gasteiger partial charge in [0.25, 0.3) is 0 Å². The molecule has 0 aliphatic rings. The van der Waals surface area contributed by atoms with Gasteiger partial charge < -0.3 is 9.47 Å². The van der Waals surface area contributed by atoms with Crippen molar-refractivity contribution in [2.75, 3.05) is 6.61 Å². The average Bonchev–Trinajstić information content (AvgIpc) is 2.70. The van der Waals surface area contributed by atoms with Gasteiger partial charge in [0.05, 0.1) is 17.3 Å². The van der Waals surface area contributed by atoms with Crippen molar-refractivity contribution in [1.29, 1.82) is 0 Å². The summed E-state index contributed by atoms with van der Waals surface area (Å²) in [5.74, 6) is 1.15. The quantitative estimate of drug-likeness (QED) is 0.334. The number of ether oxygens (including phenoxy) is 2. The Kier molecular flexibility index (Phi) is 7.34. The third-order valence-electron chi connectivity index (χ3n) is 4.48. The molecule has 0 aromatic heterocycles. The van der Waals surface area contributed by atoms with E-state index in [0.29, 0.717) is 29.7 Å². The van der Waals surface area contributed by atoms with Crippen LogP contribution in [0.3, 0.4) is 0 Å². The second-order valence-electron chi connectivity index (χ2n) is 6.70. The van der Waals surface area contributed by atoms with Crippen molar-refractivity contribution in [1.82, 2.24) is 0 Å². The van der Waals surface area contributed by atoms with E-state index in [1.165, 1.54) is 11.1 Å². The Morgan fingerprint density at radius 1 is 0.966 bits per heavy atom. The summed E-state index contributed by atoms with van der Waals surface area (Å²) >= 11 is 9.95. The predicted octanol–water partition coefficient (Wildman–Crippen LogP) is 7.45. The fourth-order valence-corrected chi connectivity index (χ4v) is 3.29. The highest BCUT2D eigenvalue weighted by Gasteiger charge is 2.12. The fourth-order valence-electron chi connectivity index (χ4n) is 2.76. The summed E-state index contributed by atoms with van der Waals surface area (Å²) in [4.78, 5) is 4.57. The van der Waals surface area contributed by atoms with Crippen LogP contribution in [0.4, 0.5) is 5.69 Å². The van der Waals surface area contributed by atoms with Crippen LogP contribution in [-0.2, 0) is 6.61 Å². The first-order valence-corrected chi connectivity index (χ1v) is 10.6. The third kappa shape index (κ3) is 5.84. The Labute approximate surface area is 185 Å². The molecule has 29 heavy (non-hydrogen) atoms. The lowest BCUT2D eigenvalue weighted by Gasteiger charge is -2.14. The number of benzene rings is 3. The van der Waals surface area contributed by atoms with Gasteiger partial charge in [0.15, 0.2) is 11.5 Å². The minimum Gasteiger partial charge on any atom is -0.490 e. The normalized spacial score (nSPS) is 11.1. The molecular formula is C24H23BrClNO2. The summed E-state index contributed by atoms with van der Waals surface area (Å²) in [5.41, 5.74) is 5.26. The minimum atomic E-state index is 0.406. The topological polar surface area (TPSA) is 30.8 Å². The van der Waals surface area contributed by atoms with Gasteiger partial charge in [-0.15, -0.1) is 0 Å². The highest BCUT2D eigenvalue weighted by molar-refractivity contribution is 9.10. The van der Waals surface area contributed by atoms with Crippen LogP contribution in [0.2, 0.25) is 5.02 Å². The van der Waals surface area contributed by atoms with Crippen LogP contribution in [0.25, 0.3) is 0 Å². The van der Waals surface area contributed by atoms with Gasteiger partial charge in [-0.25, -0.2) is 0 Å². The number of halogens is 2. The van der Waals surface area contributed by atoms with Gasteiger partial charge >= 0.3 is 0 Å². The number of aryl methyl sites for hydroxylation is 2. The lowest BCUT2D eigenvalue weighted by molar-refractivity contribution is 0.269. The zero-order chi connectivity index (χ0) is 20.8.